The van der Waals surface area contributed by atoms with E-state index in [0.29, 0.717) is 11.7 Å². The number of carbonyl (C=O) groups excluding carboxylic acids is 1. The van der Waals surface area contributed by atoms with Crippen molar-refractivity contribution in [2.45, 2.75) is 72.4 Å². The van der Waals surface area contributed by atoms with Crippen LogP contribution in [0.25, 0.3) is 0 Å². The van der Waals surface area contributed by atoms with E-state index in [0.717, 1.165) is 32.5 Å². The molecule has 3 nitrogen and oxygen atoms in total. The highest BCUT2D eigenvalue weighted by molar-refractivity contribution is 5.88. The Kier molecular flexibility index (Phi) is 5.79. The van der Waals surface area contributed by atoms with Crippen molar-refractivity contribution < 1.29 is 9.53 Å². The summed E-state index contributed by atoms with van der Waals surface area (Å²) in [6.07, 6.45) is 3.14. The van der Waals surface area contributed by atoms with Gasteiger partial charge < -0.3 is 4.74 Å². The molecule has 118 valence electrons. The highest BCUT2D eigenvalue weighted by Gasteiger charge is 2.37. The van der Waals surface area contributed by atoms with Gasteiger partial charge in [-0.15, -0.1) is 0 Å². The van der Waals surface area contributed by atoms with Gasteiger partial charge in [-0.2, -0.15) is 0 Å². The number of ether oxygens (including phenoxy) is 1. The maximum absolute atomic E-state index is 12.9. The Balaban J connectivity index is 2.86. The monoisotopic (exact) mass is 283 g/mol. The molecule has 0 radical (unpaired) electrons. The molecule has 0 bridgehead atoms. The van der Waals surface area contributed by atoms with Crippen molar-refractivity contribution >= 4 is 5.78 Å². The third-order valence-electron chi connectivity index (χ3n) is 4.46. The smallest absolute Gasteiger partial charge is 0.155 e. The minimum absolute atomic E-state index is 0.0107. The molecule has 0 saturated carbocycles. The van der Waals surface area contributed by atoms with Crippen molar-refractivity contribution in [2.24, 2.45) is 11.3 Å². The van der Waals surface area contributed by atoms with Crippen LogP contribution in [0, 0.1) is 11.3 Å². The molecule has 0 N–H and O–H groups in total. The van der Waals surface area contributed by atoms with Crippen LogP contribution in [0.5, 0.6) is 0 Å². The Morgan fingerprint density at radius 2 is 1.65 bits per heavy atom. The van der Waals surface area contributed by atoms with Gasteiger partial charge in [0, 0.05) is 24.2 Å². The number of likely N-dealkylation sites (N-methyl/N-ethyl adjacent to an activating group) is 1. The molecule has 0 aromatic carbocycles. The highest BCUT2D eigenvalue weighted by atomic mass is 16.5. The van der Waals surface area contributed by atoms with Crippen LogP contribution >= 0.6 is 0 Å². The van der Waals surface area contributed by atoms with E-state index in [1.54, 1.807) is 0 Å². The van der Waals surface area contributed by atoms with E-state index in [1.807, 2.05) is 20.8 Å². The lowest BCUT2D eigenvalue weighted by molar-refractivity contribution is -0.134. The van der Waals surface area contributed by atoms with Gasteiger partial charge in [0.25, 0.3) is 0 Å². The van der Waals surface area contributed by atoms with E-state index < -0.39 is 0 Å². The number of carbonyl (C=O) groups is 1. The molecule has 1 atom stereocenters. The van der Waals surface area contributed by atoms with Crippen molar-refractivity contribution in [3.8, 4) is 0 Å². The van der Waals surface area contributed by atoms with Gasteiger partial charge >= 0.3 is 0 Å². The second-order valence-corrected chi connectivity index (χ2v) is 8.20. The highest BCUT2D eigenvalue weighted by Crippen LogP contribution is 2.30. The Morgan fingerprint density at radius 1 is 1.15 bits per heavy atom. The first-order chi connectivity index (χ1) is 9.03. The zero-order valence-corrected chi connectivity index (χ0v) is 14.5. The summed E-state index contributed by atoms with van der Waals surface area (Å²) in [4.78, 5) is 15.1. The van der Waals surface area contributed by atoms with E-state index in [2.05, 4.69) is 32.7 Å². The van der Waals surface area contributed by atoms with Crippen LogP contribution in [-0.4, -0.2) is 42.5 Å². The zero-order chi connectivity index (χ0) is 15.6. The Labute approximate surface area is 125 Å². The number of ketones is 1. The topological polar surface area (TPSA) is 29.5 Å². The van der Waals surface area contributed by atoms with Crippen LogP contribution < -0.4 is 0 Å². The van der Waals surface area contributed by atoms with Crippen LogP contribution in [0.4, 0.5) is 0 Å². The average Bonchev–Trinajstić information content (AvgIpc) is 2.33. The number of hydrogen-bond donors (Lipinski definition) is 0. The largest absolute Gasteiger partial charge is 0.381 e. The molecule has 1 rings (SSSR count). The standard InChI is InChI=1S/C17H33NO2/c1-16(2,3)15(19)14(18(7)17(4,5)6)12-13-8-10-20-11-9-13/h13-14H,8-12H2,1-7H3/t14-/m0/s1. The second kappa shape index (κ2) is 6.57. The summed E-state index contributed by atoms with van der Waals surface area (Å²) >= 11 is 0. The molecule has 20 heavy (non-hydrogen) atoms. The summed E-state index contributed by atoms with van der Waals surface area (Å²) < 4.78 is 5.44. The fourth-order valence-electron chi connectivity index (χ4n) is 2.71. The minimum Gasteiger partial charge on any atom is -0.381 e. The molecule has 0 aromatic rings. The molecule has 1 saturated heterocycles. The van der Waals surface area contributed by atoms with E-state index in [4.69, 9.17) is 4.74 Å². The average molecular weight is 283 g/mol. The fourth-order valence-corrected chi connectivity index (χ4v) is 2.71. The lowest BCUT2D eigenvalue weighted by atomic mass is 9.80. The minimum atomic E-state index is -0.282. The summed E-state index contributed by atoms with van der Waals surface area (Å²) in [5.41, 5.74) is -0.272. The molecular formula is C17H33NO2. The molecule has 0 spiro atoms. The first-order valence-corrected chi connectivity index (χ1v) is 7.88. The maximum atomic E-state index is 12.9. The first-order valence-electron chi connectivity index (χ1n) is 7.88. The van der Waals surface area contributed by atoms with Crippen LogP contribution in [0.3, 0.4) is 0 Å². The Hall–Kier alpha value is -0.410. The maximum Gasteiger partial charge on any atom is 0.155 e. The molecule has 0 amide bonds. The molecule has 1 aliphatic heterocycles. The number of Topliss-reactive ketones (excluding diaryl/α,β-unsaturated/α-hetero) is 1. The van der Waals surface area contributed by atoms with Gasteiger partial charge in [0.05, 0.1) is 6.04 Å². The van der Waals surface area contributed by atoms with Gasteiger partial charge in [-0.05, 0) is 53.0 Å². The van der Waals surface area contributed by atoms with Crippen LogP contribution in [0.1, 0.15) is 60.8 Å². The van der Waals surface area contributed by atoms with Crippen LogP contribution in [0.15, 0.2) is 0 Å². The predicted octanol–water partition coefficient (Wildman–Crippen LogP) is 3.52. The summed E-state index contributed by atoms with van der Waals surface area (Å²) in [6.45, 7) is 14.3. The summed E-state index contributed by atoms with van der Waals surface area (Å²) in [5, 5.41) is 0. The van der Waals surface area contributed by atoms with Gasteiger partial charge in [-0.1, -0.05) is 20.8 Å². The summed E-state index contributed by atoms with van der Waals surface area (Å²) in [5.74, 6) is 0.978. The Morgan fingerprint density at radius 3 is 2.05 bits per heavy atom. The molecule has 0 aliphatic carbocycles. The molecule has 0 aromatic heterocycles. The van der Waals surface area contributed by atoms with Gasteiger partial charge in [-0.25, -0.2) is 0 Å². The molecule has 1 fully saturated rings. The fraction of sp³-hybridized carbons (Fsp3) is 0.941. The van der Waals surface area contributed by atoms with Gasteiger partial charge in [0.1, 0.15) is 0 Å². The summed E-state index contributed by atoms with van der Waals surface area (Å²) in [6, 6.07) is 0.0121. The first kappa shape index (κ1) is 17.6. The van der Waals surface area contributed by atoms with Gasteiger partial charge in [-0.3, -0.25) is 9.69 Å². The van der Waals surface area contributed by atoms with Crippen molar-refractivity contribution in [3.63, 3.8) is 0 Å². The van der Waals surface area contributed by atoms with E-state index in [1.165, 1.54) is 0 Å². The molecular weight excluding hydrogens is 250 g/mol. The Bertz CT molecular complexity index is 319. The quantitative estimate of drug-likeness (QED) is 0.790. The molecule has 1 aliphatic rings. The predicted molar refractivity (Wildman–Crippen MR) is 83.9 cm³/mol. The van der Waals surface area contributed by atoms with Crippen molar-refractivity contribution in [1.29, 1.82) is 0 Å². The SMILES string of the molecule is CN([C@@H](CC1CCOCC1)C(=O)C(C)(C)C)C(C)(C)C. The number of hydrogen-bond acceptors (Lipinski definition) is 3. The lowest BCUT2D eigenvalue weighted by Gasteiger charge is -2.42. The van der Waals surface area contributed by atoms with E-state index in [9.17, 15) is 4.79 Å². The van der Waals surface area contributed by atoms with Crippen LogP contribution in [-0.2, 0) is 9.53 Å². The van der Waals surface area contributed by atoms with Gasteiger partial charge in [0.2, 0.25) is 0 Å². The van der Waals surface area contributed by atoms with Crippen LogP contribution in [0.2, 0.25) is 0 Å². The van der Waals surface area contributed by atoms with Gasteiger partial charge in [0.15, 0.2) is 5.78 Å². The molecule has 1 heterocycles. The van der Waals surface area contributed by atoms with Crippen molar-refractivity contribution in [2.75, 3.05) is 20.3 Å². The number of rotatable bonds is 4. The number of nitrogens with zero attached hydrogens (tertiary/aromatic N) is 1. The zero-order valence-electron chi connectivity index (χ0n) is 14.5. The molecule has 3 heteroatoms. The lowest BCUT2D eigenvalue weighted by Crippen LogP contribution is -2.52. The third-order valence-corrected chi connectivity index (χ3v) is 4.46. The molecule has 0 unspecified atom stereocenters. The van der Waals surface area contributed by atoms with Crippen molar-refractivity contribution in [3.05, 3.63) is 0 Å². The van der Waals surface area contributed by atoms with E-state index in [-0.39, 0.29) is 17.0 Å². The summed E-state index contributed by atoms with van der Waals surface area (Å²) in [7, 11) is 2.09. The second-order valence-electron chi connectivity index (χ2n) is 8.20. The van der Waals surface area contributed by atoms with E-state index >= 15 is 0 Å². The third kappa shape index (κ3) is 4.85. The normalized spacial score (nSPS) is 20.2. The van der Waals surface area contributed by atoms with Crippen molar-refractivity contribution in [1.82, 2.24) is 4.90 Å².